The molecule has 2 N–H and O–H groups in total. The van der Waals surface area contributed by atoms with Crippen molar-refractivity contribution in [2.24, 2.45) is 5.92 Å². The lowest BCUT2D eigenvalue weighted by Crippen LogP contribution is -2.33. The smallest absolute Gasteiger partial charge is 0.269 e. The monoisotopic (exact) mass is 238 g/mol. The van der Waals surface area contributed by atoms with E-state index in [1.807, 2.05) is 27.0 Å². The van der Waals surface area contributed by atoms with Gasteiger partial charge in [-0.05, 0) is 39.4 Å². The Morgan fingerprint density at radius 3 is 2.82 bits per heavy atom. The van der Waals surface area contributed by atoms with E-state index < -0.39 is 0 Å². The van der Waals surface area contributed by atoms with Gasteiger partial charge >= 0.3 is 0 Å². The van der Waals surface area contributed by atoms with Crippen molar-refractivity contribution < 1.29 is 4.79 Å². The minimum atomic E-state index is -0.0459. The first-order valence-corrected chi connectivity index (χ1v) is 6.05. The number of aryl methyl sites for hydroxylation is 2. The molecule has 1 aromatic rings. The molecule has 0 spiro atoms. The van der Waals surface area contributed by atoms with Gasteiger partial charge in [-0.1, -0.05) is 6.92 Å². The van der Waals surface area contributed by atoms with E-state index in [0.717, 1.165) is 12.2 Å². The lowest BCUT2D eigenvalue weighted by atomic mass is 10.2. The SMILES string of the molecule is CCn1nc(C)cc1C(=O)NCC(C)CNC. The summed E-state index contributed by atoms with van der Waals surface area (Å²) in [6.07, 6.45) is 0. The molecule has 1 amide bonds. The van der Waals surface area contributed by atoms with Gasteiger partial charge < -0.3 is 10.6 Å². The molecule has 1 unspecified atom stereocenters. The third-order valence-electron chi connectivity index (χ3n) is 2.60. The van der Waals surface area contributed by atoms with Gasteiger partial charge in [-0.15, -0.1) is 0 Å². The summed E-state index contributed by atoms with van der Waals surface area (Å²) < 4.78 is 1.73. The van der Waals surface area contributed by atoms with Crippen LogP contribution in [0.1, 0.15) is 30.0 Å². The maximum Gasteiger partial charge on any atom is 0.269 e. The Morgan fingerprint density at radius 2 is 2.24 bits per heavy atom. The molecule has 0 aliphatic rings. The van der Waals surface area contributed by atoms with E-state index in [4.69, 9.17) is 0 Å². The van der Waals surface area contributed by atoms with Crippen molar-refractivity contribution >= 4 is 5.91 Å². The second-order valence-corrected chi connectivity index (χ2v) is 4.36. The highest BCUT2D eigenvalue weighted by Gasteiger charge is 2.13. The van der Waals surface area contributed by atoms with E-state index in [-0.39, 0.29) is 5.91 Å². The highest BCUT2D eigenvalue weighted by atomic mass is 16.2. The molecule has 5 heteroatoms. The third-order valence-corrected chi connectivity index (χ3v) is 2.60. The van der Waals surface area contributed by atoms with Crippen LogP contribution >= 0.6 is 0 Å². The van der Waals surface area contributed by atoms with Crippen LogP contribution in [0.3, 0.4) is 0 Å². The number of aromatic nitrogens is 2. The van der Waals surface area contributed by atoms with E-state index in [2.05, 4.69) is 22.7 Å². The summed E-state index contributed by atoms with van der Waals surface area (Å²) in [7, 11) is 1.91. The summed E-state index contributed by atoms with van der Waals surface area (Å²) in [5.41, 5.74) is 1.52. The first-order chi connectivity index (χ1) is 8.08. The van der Waals surface area contributed by atoms with Gasteiger partial charge in [0, 0.05) is 13.1 Å². The van der Waals surface area contributed by atoms with Crippen LogP contribution in [0, 0.1) is 12.8 Å². The normalized spacial score (nSPS) is 12.5. The zero-order valence-corrected chi connectivity index (χ0v) is 11.1. The van der Waals surface area contributed by atoms with Crippen molar-refractivity contribution in [1.29, 1.82) is 0 Å². The van der Waals surface area contributed by atoms with E-state index >= 15 is 0 Å². The van der Waals surface area contributed by atoms with Crippen LogP contribution in [0.2, 0.25) is 0 Å². The van der Waals surface area contributed by atoms with Crippen LogP contribution in [-0.2, 0) is 6.54 Å². The number of rotatable bonds is 6. The maximum atomic E-state index is 12.0. The van der Waals surface area contributed by atoms with Crippen molar-refractivity contribution in [1.82, 2.24) is 20.4 Å². The molecule has 1 atom stereocenters. The van der Waals surface area contributed by atoms with Gasteiger partial charge in [0.05, 0.1) is 5.69 Å². The summed E-state index contributed by atoms with van der Waals surface area (Å²) in [6.45, 7) is 8.25. The van der Waals surface area contributed by atoms with Crippen LogP contribution in [0.15, 0.2) is 6.07 Å². The van der Waals surface area contributed by atoms with Crippen molar-refractivity contribution in [2.45, 2.75) is 27.3 Å². The first-order valence-electron chi connectivity index (χ1n) is 6.05. The Morgan fingerprint density at radius 1 is 1.53 bits per heavy atom. The van der Waals surface area contributed by atoms with Gasteiger partial charge in [0.1, 0.15) is 5.69 Å². The summed E-state index contributed by atoms with van der Waals surface area (Å²) in [4.78, 5) is 12.0. The fourth-order valence-corrected chi connectivity index (χ4v) is 1.75. The van der Waals surface area contributed by atoms with E-state index in [0.29, 0.717) is 24.7 Å². The van der Waals surface area contributed by atoms with Crippen LogP contribution in [0.5, 0.6) is 0 Å². The summed E-state index contributed by atoms with van der Waals surface area (Å²) in [5.74, 6) is 0.374. The molecule has 0 saturated heterocycles. The molecule has 0 aliphatic heterocycles. The van der Waals surface area contributed by atoms with Crippen LogP contribution in [-0.4, -0.2) is 35.8 Å². The van der Waals surface area contributed by atoms with Gasteiger partial charge in [0.15, 0.2) is 0 Å². The minimum absolute atomic E-state index is 0.0459. The molecule has 5 nitrogen and oxygen atoms in total. The molecule has 0 bridgehead atoms. The first kappa shape index (κ1) is 13.7. The molecule has 0 aromatic carbocycles. The Kier molecular flexibility index (Phi) is 5.15. The molecule has 1 aromatic heterocycles. The lowest BCUT2D eigenvalue weighted by Gasteiger charge is -2.12. The van der Waals surface area contributed by atoms with E-state index in [9.17, 15) is 4.79 Å². The fraction of sp³-hybridized carbons (Fsp3) is 0.667. The Balaban J connectivity index is 2.57. The van der Waals surface area contributed by atoms with Crippen LogP contribution in [0.4, 0.5) is 0 Å². The zero-order valence-electron chi connectivity index (χ0n) is 11.1. The second kappa shape index (κ2) is 6.39. The molecule has 0 aliphatic carbocycles. The summed E-state index contributed by atoms with van der Waals surface area (Å²) in [6, 6.07) is 1.82. The number of carbonyl (C=O) groups is 1. The topological polar surface area (TPSA) is 59.0 Å². The molecular weight excluding hydrogens is 216 g/mol. The summed E-state index contributed by atoms with van der Waals surface area (Å²) >= 11 is 0. The van der Waals surface area contributed by atoms with Gasteiger partial charge in [0.2, 0.25) is 0 Å². The molecule has 17 heavy (non-hydrogen) atoms. The molecule has 96 valence electrons. The predicted molar refractivity (Wildman–Crippen MR) is 68.1 cm³/mol. The number of nitrogens with one attached hydrogen (secondary N) is 2. The minimum Gasteiger partial charge on any atom is -0.350 e. The van der Waals surface area contributed by atoms with Crippen molar-refractivity contribution in [3.8, 4) is 0 Å². The molecule has 1 heterocycles. The number of hydrogen-bond donors (Lipinski definition) is 2. The van der Waals surface area contributed by atoms with Crippen LogP contribution in [0.25, 0.3) is 0 Å². The highest BCUT2D eigenvalue weighted by molar-refractivity contribution is 5.92. The Bertz CT molecular complexity index is 373. The molecule has 0 fully saturated rings. The third kappa shape index (κ3) is 3.85. The molecule has 1 rings (SSSR count). The predicted octanol–water partition coefficient (Wildman–Crippen LogP) is 0.797. The lowest BCUT2D eigenvalue weighted by molar-refractivity contribution is 0.0937. The van der Waals surface area contributed by atoms with Gasteiger partial charge in [-0.25, -0.2) is 0 Å². The molecule has 0 radical (unpaired) electrons. The van der Waals surface area contributed by atoms with Crippen LogP contribution < -0.4 is 10.6 Å². The number of hydrogen-bond acceptors (Lipinski definition) is 3. The molecular formula is C12H22N4O. The summed E-state index contributed by atoms with van der Waals surface area (Å²) in [5, 5.41) is 10.3. The average molecular weight is 238 g/mol. The second-order valence-electron chi connectivity index (χ2n) is 4.36. The van der Waals surface area contributed by atoms with Crippen molar-refractivity contribution in [3.05, 3.63) is 17.5 Å². The quantitative estimate of drug-likeness (QED) is 0.770. The number of carbonyl (C=O) groups excluding carboxylic acids is 1. The maximum absolute atomic E-state index is 12.0. The van der Waals surface area contributed by atoms with E-state index in [1.165, 1.54) is 0 Å². The van der Waals surface area contributed by atoms with Crippen molar-refractivity contribution in [2.75, 3.05) is 20.1 Å². The fourth-order valence-electron chi connectivity index (χ4n) is 1.75. The number of nitrogens with zero attached hydrogens (tertiary/aromatic N) is 2. The average Bonchev–Trinajstić information content (AvgIpc) is 2.68. The van der Waals surface area contributed by atoms with Crippen molar-refractivity contribution in [3.63, 3.8) is 0 Å². The van der Waals surface area contributed by atoms with Gasteiger partial charge in [-0.3, -0.25) is 9.48 Å². The van der Waals surface area contributed by atoms with Gasteiger partial charge in [-0.2, -0.15) is 5.10 Å². The number of amides is 1. The Hall–Kier alpha value is -1.36. The standard InChI is InChI=1S/C12H22N4O/c1-5-16-11(6-10(3)15-16)12(17)14-8-9(2)7-13-4/h6,9,13H,5,7-8H2,1-4H3,(H,14,17). The largest absolute Gasteiger partial charge is 0.350 e. The highest BCUT2D eigenvalue weighted by Crippen LogP contribution is 2.03. The molecule has 0 saturated carbocycles. The van der Waals surface area contributed by atoms with E-state index in [1.54, 1.807) is 4.68 Å². The van der Waals surface area contributed by atoms with Gasteiger partial charge in [0.25, 0.3) is 5.91 Å². The Labute approximate surface area is 103 Å². The zero-order chi connectivity index (χ0) is 12.8.